The van der Waals surface area contributed by atoms with E-state index in [0.29, 0.717) is 18.9 Å². The summed E-state index contributed by atoms with van der Waals surface area (Å²) in [5.74, 6) is -1.09. The first kappa shape index (κ1) is 21.1. The minimum absolute atomic E-state index is 0.0249. The number of likely N-dealkylation sites (tertiary alicyclic amines) is 1. The molecule has 1 amide bonds. The summed E-state index contributed by atoms with van der Waals surface area (Å²) < 4.78 is 53.1. The number of hydrogen-bond acceptors (Lipinski definition) is 3. The minimum atomic E-state index is -4.70. The standard InChI is InChI=1S/C18H22F4N2O3/c1-2-15(25)11-24(14-5-7-23(8-6-14)17(26)27)10-12-3-4-13(19)9-16(12)18(20,21)22/h3-4,9,14H,2,5-8,10-11H2,1H3,(H,26,27). The summed E-state index contributed by atoms with van der Waals surface area (Å²) in [5.41, 5.74) is -1.16. The first-order valence-electron chi connectivity index (χ1n) is 8.71. The van der Waals surface area contributed by atoms with Gasteiger partial charge in [0.2, 0.25) is 0 Å². The van der Waals surface area contributed by atoms with Gasteiger partial charge in [0, 0.05) is 32.1 Å². The number of carbonyl (C=O) groups is 2. The van der Waals surface area contributed by atoms with Crippen LogP contribution in [0, 0.1) is 5.82 Å². The molecule has 1 N–H and O–H groups in total. The second-order valence-electron chi connectivity index (χ2n) is 6.60. The highest BCUT2D eigenvalue weighted by atomic mass is 19.4. The summed E-state index contributed by atoms with van der Waals surface area (Å²) in [6, 6.07) is 2.30. The van der Waals surface area contributed by atoms with Crippen molar-refractivity contribution in [1.29, 1.82) is 0 Å². The van der Waals surface area contributed by atoms with Crippen LogP contribution in [0.1, 0.15) is 37.3 Å². The Hall–Kier alpha value is -2.16. The van der Waals surface area contributed by atoms with E-state index < -0.39 is 23.7 Å². The van der Waals surface area contributed by atoms with E-state index in [-0.39, 0.29) is 50.0 Å². The molecular formula is C18H22F4N2O3. The third-order valence-corrected chi connectivity index (χ3v) is 4.78. The van der Waals surface area contributed by atoms with Gasteiger partial charge in [0.15, 0.2) is 0 Å². The lowest BCUT2D eigenvalue weighted by Gasteiger charge is -2.37. The van der Waals surface area contributed by atoms with E-state index in [2.05, 4.69) is 0 Å². The van der Waals surface area contributed by atoms with Gasteiger partial charge in [-0.1, -0.05) is 13.0 Å². The minimum Gasteiger partial charge on any atom is -0.465 e. The molecule has 5 nitrogen and oxygen atoms in total. The van der Waals surface area contributed by atoms with Crippen molar-refractivity contribution >= 4 is 11.9 Å². The van der Waals surface area contributed by atoms with Gasteiger partial charge >= 0.3 is 12.3 Å². The molecule has 1 saturated heterocycles. The second kappa shape index (κ2) is 8.69. The van der Waals surface area contributed by atoms with Crippen LogP contribution in [0.5, 0.6) is 0 Å². The van der Waals surface area contributed by atoms with Crippen molar-refractivity contribution in [1.82, 2.24) is 9.80 Å². The number of ketones is 1. The Morgan fingerprint density at radius 1 is 1.26 bits per heavy atom. The number of halogens is 4. The Kier molecular flexibility index (Phi) is 6.80. The van der Waals surface area contributed by atoms with Crippen LogP contribution in [0.15, 0.2) is 18.2 Å². The molecular weight excluding hydrogens is 368 g/mol. The predicted octanol–water partition coefficient (Wildman–Crippen LogP) is 3.77. The van der Waals surface area contributed by atoms with Gasteiger partial charge in [0.25, 0.3) is 0 Å². The molecule has 2 rings (SSSR count). The molecule has 0 aliphatic carbocycles. The largest absolute Gasteiger partial charge is 0.465 e. The van der Waals surface area contributed by atoms with E-state index in [0.717, 1.165) is 12.1 Å². The fraction of sp³-hybridized carbons (Fsp3) is 0.556. The summed E-state index contributed by atoms with van der Waals surface area (Å²) in [7, 11) is 0. The lowest BCUT2D eigenvalue weighted by atomic mass is 10.00. The zero-order chi connectivity index (χ0) is 20.2. The first-order chi connectivity index (χ1) is 12.6. The average Bonchev–Trinajstić information content (AvgIpc) is 2.61. The normalized spacial score (nSPS) is 16.0. The fourth-order valence-corrected chi connectivity index (χ4v) is 3.24. The van der Waals surface area contributed by atoms with Crippen molar-refractivity contribution in [2.24, 2.45) is 0 Å². The molecule has 0 unspecified atom stereocenters. The second-order valence-corrected chi connectivity index (χ2v) is 6.60. The van der Waals surface area contributed by atoms with Crippen molar-refractivity contribution in [3.63, 3.8) is 0 Å². The molecule has 0 bridgehead atoms. The Labute approximate surface area is 154 Å². The van der Waals surface area contributed by atoms with E-state index >= 15 is 0 Å². The molecule has 1 fully saturated rings. The maximum Gasteiger partial charge on any atom is 0.416 e. The smallest absolute Gasteiger partial charge is 0.416 e. The van der Waals surface area contributed by atoms with Gasteiger partial charge in [-0.2, -0.15) is 13.2 Å². The summed E-state index contributed by atoms with van der Waals surface area (Å²) >= 11 is 0. The molecule has 0 aromatic heterocycles. The highest BCUT2D eigenvalue weighted by molar-refractivity contribution is 5.80. The Bertz CT molecular complexity index is 686. The lowest BCUT2D eigenvalue weighted by Crippen LogP contribution is -2.47. The summed E-state index contributed by atoms with van der Waals surface area (Å²) in [6.07, 6.45) is -4.65. The van der Waals surface area contributed by atoms with E-state index in [1.54, 1.807) is 11.8 Å². The first-order valence-corrected chi connectivity index (χ1v) is 8.71. The monoisotopic (exact) mass is 390 g/mol. The van der Waals surface area contributed by atoms with Crippen molar-refractivity contribution in [3.05, 3.63) is 35.1 Å². The van der Waals surface area contributed by atoms with Crippen LogP contribution in [0.2, 0.25) is 0 Å². The number of Topliss-reactive ketones (excluding diaryl/α,β-unsaturated/α-hetero) is 1. The SMILES string of the molecule is CCC(=O)CN(Cc1ccc(F)cc1C(F)(F)F)C1CCN(C(=O)O)CC1. The number of amides is 1. The van der Waals surface area contributed by atoms with Crippen LogP contribution in [0.4, 0.5) is 22.4 Å². The molecule has 0 radical (unpaired) electrons. The van der Waals surface area contributed by atoms with Gasteiger partial charge in [-0.15, -0.1) is 0 Å². The number of benzene rings is 1. The van der Waals surface area contributed by atoms with E-state index in [4.69, 9.17) is 5.11 Å². The fourth-order valence-electron chi connectivity index (χ4n) is 3.24. The van der Waals surface area contributed by atoms with E-state index in [1.807, 2.05) is 0 Å². The lowest BCUT2D eigenvalue weighted by molar-refractivity contribution is -0.138. The van der Waals surface area contributed by atoms with Gasteiger partial charge in [0.1, 0.15) is 11.6 Å². The van der Waals surface area contributed by atoms with Crippen molar-refractivity contribution in [2.45, 2.75) is 44.9 Å². The maximum atomic E-state index is 13.3. The summed E-state index contributed by atoms with van der Waals surface area (Å²) in [5, 5.41) is 9.03. The quantitative estimate of drug-likeness (QED) is 0.752. The van der Waals surface area contributed by atoms with Crippen LogP contribution >= 0.6 is 0 Å². The summed E-state index contributed by atoms with van der Waals surface area (Å²) in [4.78, 5) is 25.9. The van der Waals surface area contributed by atoms with Crippen LogP contribution in [0.25, 0.3) is 0 Å². The molecule has 0 spiro atoms. The third kappa shape index (κ3) is 5.66. The molecule has 1 aromatic rings. The number of hydrogen-bond donors (Lipinski definition) is 1. The number of nitrogens with zero attached hydrogens (tertiary/aromatic N) is 2. The number of piperidine rings is 1. The Morgan fingerprint density at radius 2 is 1.89 bits per heavy atom. The molecule has 0 atom stereocenters. The third-order valence-electron chi connectivity index (χ3n) is 4.78. The molecule has 1 aliphatic rings. The number of rotatable bonds is 6. The molecule has 9 heteroatoms. The summed E-state index contributed by atoms with van der Waals surface area (Å²) in [6.45, 7) is 2.01. The topological polar surface area (TPSA) is 60.9 Å². The van der Waals surface area contributed by atoms with Crippen molar-refractivity contribution in [3.8, 4) is 0 Å². The number of alkyl halides is 3. The van der Waals surface area contributed by atoms with E-state index in [1.165, 1.54) is 4.90 Å². The van der Waals surface area contributed by atoms with Crippen molar-refractivity contribution in [2.75, 3.05) is 19.6 Å². The molecule has 1 aliphatic heterocycles. The van der Waals surface area contributed by atoms with Crippen LogP contribution in [-0.2, 0) is 17.5 Å². The Morgan fingerprint density at radius 3 is 2.41 bits per heavy atom. The zero-order valence-electron chi connectivity index (χ0n) is 14.9. The highest BCUT2D eigenvalue weighted by Crippen LogP contribution is 2.33. The van der Waals surface area contributed by atoms with Crippen molar-refractivity contribution < 1.29 is 32.3 Å². The molecule has 0 saturated carbocycles. The van der Waals surface area contributed by atoms with Gasteiger partial charge in [-0.25, -0.2) is 9.18 Å². The van der Waals surface area contributed by atoms with Gasteiger partial charge in [0.05, 0.1) is 12.1 Å². The molecule has 150 valence electrons. The highest BCUT2D eigenvalue weighted by Gasteiger charge is 2.35. The van der Waals surface area contributed by atoms with Gasteiger partial charge < -0.3 is 10.0 Å². The maximum absolute atomic E-state index is 13.3. The average molecular weight is 390 g/mol. The van der Waals surface area contributed by atoms with Gasteiger partial charge in [-0.05, 0) is 30.5 Å². The predicted molar refractivity (Wildman–Crippen MR) is 89.7 cm³/mol. The van der Waals surface area contributed by atoms with Crippen LogP contribution in [0.3, 0.4) is 0 Å². The van der Waals surface area contributed by atoms with E-state index in [9.17, 15) is 27.2 Å². The number of carboxylic acid groups (broad SMARTS) is 1. The van der Waals surface area contributed by atoms with Crippen LogP contribution in [-0.4, -0.2) is 52.5 Å². The molecule has 1 aromatic carbocycles. The molecule has 27 heavy (non-hydrogen) atoms. The molecule has 1 heterocycles. The number of carbonyl (C=O) groups excluding carboxylic acids is 1. The van der Waals surface area contributed by atoms with Crippen LogP contribution < -0.4 is 0 Å². The Balaban J connectivity index is 2.23. The zero-order valence-corrected chi connectivity index (χ0v) is 14.9. The van der Waals surface area contributed by atoms with Gasteiger partial charge in [-0.3, -0.25) is 9.69 Å².